The van der Waals surface area contributed by atoms with E-state index in [9.17, 15) is 14.9 Å². The Morgan fingerprint density at radius 1 is 1.23 bits per heavy atom. The van der Waals surface area contributed by atoms with Crippen molar-refractivity contribution < 1.29 is 9.72 Å². The Morgan fingerprint density at radius 3 is 2.55 bits per heavy atom. The van der Waals surface area contributed by atoms with E-state index in [4.69, 9.17) is 0 Å². The van der Waals surface area contributed by atoms with Gasteiger partial charge < -0.3 is 15.5 Å². The van der Waals surface area contributed by atoms with Gasteiger partial charge in [-0.15, -0.1) is 0 Å². The van der Waals surface area contributed by atoms with Crippen LogP contribution in [0.25, 0.3) is 6.08 Å². The molecule has 0 aromatic heterocycles. The second kappa shape index (κ2) is 5.94. The Kier molecular flexibility index (Phi) is 3.84. The number of nitrogens with zero attached hydrogens (tertiary/aromatic N) is 3. The average molecular weight is 301 g/mol. The highest BCUT2D eigenvalue weighted by Crippen LogP contribution is 2.16. The van der Waals surface area contributed by atoms with Gasteiger partial charge in [0.1, 0.15) is 5.70 Å². The molecular weight excluding hydrogens is 286 g/mol. The van der Waals surface area contributed by atoms with E-state index in [1.807, 2.05) is 4.90 Å². The van der Waals surface area contributed by atoms with Crippen molar-refractivity contribution in [3.63, 3.8) is 0 Å². The Labute approximate surface area is 126 Å². The van der Waals surface area contributed by atoms with Gasteiger partial charge in [0.2, 0.25) is 5.96 Å². The van der Waals surface area contributed by atoms with Crippen molar-refractivity contribution in [1.82, 2.24) is 15.5 Å². The summed E-state index contributed by atoms with van der Waals surface area (Å²) in [7, 11) is 0. The molecule has 8 nitrogen and oxygen atoms in total. The molecule has 1 amide bonds. The number of piperazine rings is 1. The summed E-state index contributed by atoms with van der Waals surface area (Å²) < 4.78 is 0. The normalized spacial score (nSPS) is 20.0. The van der Waals surface area contributed by atoms with Crippen LogP contribution in [0.15, 0.2) is 35.0 Å². The molecule has 0 aliphatic carbocycles. The van der Waals surface area contributed by atoms with Crippen LogP contribution >= 0.6 is 0 Å². The first-order chi connectivity index (χ1) is 10.6. The molecule has 1 fully saturated rings. The van der Waals surface area contributed by atoms with E-state index in [1.165, 1.54) is 12.1 Å². The van der Waals surface area contributed by atoms with Crippen LogP contribution < -0.4 is 10.6 Å². The highest BCUT2D eigenvalue weighted by atomic mass is 16.6. The van der Waals surface area contributed by atoms with Gasteiger partial charge in [-0.3, -0.25) is 14.9 Å². The van der Waals surface area contributed by atoms with Crippen LogP contribution in [0, 0.1) is 10.1 Å². The minimum Gasteiger partial charge on any atom is -0.340 e. The van der Waals surface area contributed by atoms with Crippen molar-refractivity contribution in [3.8, 4) is 0 Å². The lowest BCUT2D eigenvalue weighted by molar-refractivity contribution is -0.384. The molecule has 0 bridgehead atoms. The number of amides is 1. The lowest BCUT2D eigenvalue weighted by atomic mass is 10.2. The minimum atomic E-state index is -0.457. The Morgan fingerprint density at radius 2 is 1.91 bits per heavy atom. The fourth-order valence-electron chi connectivity index (χ4n) is 2.34. The lowest BCUT2D eigenvalue weighted by Crippen LogP contribution is -2.49. The number of hydrogen-bond acceptors (Lipinski definition) is 6. The number of hydrogen-bond donors (Lipinski definition) is 2. The molecular formula is C14H15N5O3. The van der Waals surface area contributed by atoms with Crippen molar-refractivity contribution in [1.29, 1.82) is 0 Å². The summed E-state index contributed by atoms with van der Waals surface area (Å²) in [5.74, 6) is 0.242. The summed E-state index contributed by atoms with van der Waals surface area (Å²) in [5.41, 5.74) is 1.10. The molecule has 0 spiro atoms. The topological polar surface area (TPSA) is 99.9 Å². The second-order valence-corrected chi connectivity index (χ2v) is 5.01. The summed E-state index contributed by atoms with van der Waals surface area (Å²) in [6, 6.07) is 6.01. The highest BCUT2D eigenvalue weighted by molar-refractivity contribution is 6.12. The maximum absolute atomic E-state index is 11.9. The molecule has 1 aromatic carbocycles. The fraction of sp³-hybridized carbons (Fsp3) is 0.286. The summed E-state index contributed by atoms with van der Waals surface area (Å²) in [6.45, 7) is 3.31. The molecule has 0 unspecified atom stereocenters. The predicted octanol–water partition coefficient (Wildman–Crippen LogP) is 0.327. The molecule has 0 radical (unpaired) electrons. The van der Waals surface area contributed by atoms with Crippen molar-refractivity contribution in [2.24, 2.45) is 4.99 Å². The third kappa shape index (κ3) is 2.96. The fourth-order valence-corrected chi connectivity index (χ4v) is 2.34. The Balaban J connectivity index is 1.73. The van der Waals surface area contributed by atoms with Crippen molar-refractivity contribution in [3.05, 3.63) is 45.6 Å². The standard InChI is InChI=1S/C14H15N5O3/c20-13-12(9-10-1-3-11(4-2-10)19(21)22)16-14(17-13)18-7-5-15-6-8-18/h1-4,9,15H,5-8H2,(H,16,17,20)/b12-9-. The summed E-state index contributed by atoms with van der Waals surface area (Å²) >= 11 is 0. The molecule has 114 valence electrons. The summed E-state index contributed by atoms with van der Waals surface area (Å²) in [6.07, 6.45) is 1.64. The molecule has 2 N–H and O–H groups in total. The van der Waals surface area contributed by atoms with E-state index in [2.05, 4.69) is 15.6 Å². The summed E-state index contributed by atoms with van der Waals surface area (Å²) in [5, 5.41) is 16.9. The second-order valence-electron chi connectivity index (χ2n) is 5.01. The summed E-state index contributed by atoms with van der Waals surface area (Å²) in [4.78, 5) is 28.1. The maximum atomic E-state index is 11.9. The highest BCUT2D eigenvalue weighted by Gasteiger charge is 2.25. The van der Waals surface area contributed by atoms with Crippen LogP contribution in [0.3, 0.4) is 0 Å². The first-order valence-electron chi connectivity index (χ1n) is 6.95. The number of carbonyl (C=O) groups is 1. The zero-order valence-electron chi connectivity index (χ0n) is 11.8. The number of non-ortho nitro benzene ring substituents is 1. The lowest BCUT2D eigenvalue weighted by Gasteiger charge is -2.28. The van der Waals surface area contributed by atoms with Gasteiger partial charge in [-0.2, -0.15) is 4.99 Å². The van der Waals surface area contributed by atoms with Crippen LogP contribution in [-0.4, -0.2) is 47.9 Å². The smallest absolute Gasteiger partial charge is 0.296 e. The SMILES string of the molecule is O=C1N=C(N2CCNCC2)N/C1=C\c1ccc([N+](=O)[O-])cc1. The minimum absolute atomic E-state index is 0.0191. The van der Waals surface area contributed by atoms with Gasteiger partial charge in [-0.05, 0) is 23.8 Å². The van der Waals surface area contributed by atoms with Gasteiger partial charge in [0, 0.05) is 38.3 Å². The van der Waals surface area contributed by atoms with Crippen molar-refractivity contribution in [2.75, 3.05) is 26.2 Å². The molecule has 22 heavy (non-hydrogen) atoms. The zero-order valence-corrected chi connectivity index (χ0v) is 11.8. The average Bonchev–Trinajstić information content (AvgIpc) is 2.90. The monoisotopic (exact) mass is 301 g/mol. The van der Waals surface area contributed by atoms with Gasteiger partial charge in [0.15, 0.2) is 0 Å². The quantitative estimate of drug-likeness (QED) is 0.464. The Hall–Kier alpha value is -2.74. The zero-order chi connectivity index (χ0) is 15.5. The molecule has 2 aliphatic heterocycles. The third-order valence-corrected chi connectivity index (χ3v) is 3.52. The molecule has 0 saturated carbocycles. The molecule has 0 atom stereocenters. The van der Waals surface area contributed by atoms with Crippen LogP contribution in [0.2, 0.25) is 0 Å². The number of aliphatic imine (C=N–C) groups is 1. The number of benzene rings is 1. The van der Waals surface area contributed by atoms with Crippen LogP contribution in [0.5, 0.6) is 0 Å². The van der Waals surface area contributed by atoms with E-state index in [-0.39, 0.29) is 11.6 Å². The van der Waals surface area contributed by atoms with E-state index in [0.717, 1.165) is 26.2 Å². The van der Waals surface area contributed by atoms with Gasteiger partial charge in [0.25, 0.3) is 11.6 Å². The van der Waals surface area contributed by atoms with E-state index < -0.39 is 4.92 Å². The van der Waals surface area contributed by atoms with Gasteiger partial charge in [0.05, 0.1) is 4.92 Å². The number of nitro benzene ring substituents is 1. The number of nitro groups is 1. The molecule has 2 heterocycles. The predicted molar refractivity (Wildman–Crippen MR) is 81.1 cm³/mol. The third-order valence-electron chi connectivity index (χ3n) is 3.52. The number of guanidine groups is 1. The van der Waals surface area contributed by atoms with E-state index in [0.29, 0.717) is 17.2 Å². The largest absolute Gasteiger partial charge is 0.340 e. The van der Waals surface area contributed by atoms with Crippen LogP contribution in [-0.2, 0) is 4.79 Å². The molecule has 3 rings (SSSR count). The maximum Gasteiger partial charge on any atom is 0.296 e. The molecule has 8 heteroatoms. The molecule has 1 saturated heterocycles. The number of carbonyl (C=O) groups excluding carboxylic acids is 1. The van der Waals surface area contributed by atoms with Crippen LogP contribution in [0.4, 0.5) is 5.69 Å². The van der Waals surface area contributed by atoms with Gasteiger partial charge in [-0.25, -0.2) is 0 Å². The number of nitrogens with one attached hydrogen (secondary N) is 2. The van der Waals surface area contributed by atoms with Crippen LogP contribution in [0.1, 0.15) is 5.56 Å². The van der Waals surface area contributed by atoms with Gasteiger partial charge >= 0.3 is 0 Å². The molecule has 2 aliphatic rings. The first kappa shape index (κ1) is 14.2. The van der Waals surface area contributed by atoms with E-state index in [1.54, 1.807) is 18.2 Å². The van der Waals surface area contributed by atoms with Crippen molar-refractivity contribution >= 4 is 23.6 Å². The van der Waals surface area contributed by atoms with E-state index >= 15 is 0 Å². The molecule has 1 aromatic rings. The first-order valence-corrected chi connectivity index (χ1v) is 6.95. The van der Waals surface area contributed by atoms with Crippen molar-refractivity contribution in [2.45, 2.75) is 0 Å². The van der Waals surface area contributed by atoms with Gasteiger partial charge in [-0.1, -0.05) is 0 Å². The Bertz CT molecular complexity index is 660. The number of rotatable bonds is 2.